The summed E-state index contributed by atoms with van der Waals surface area (Å²) in [6.07, 6.45) is 0.887. The first-order chi connectivity index (χ1) is 10.2. The van der Waals surface area contributed by atoms with E-state index in [0.29, 0.717) is 17.2 Å². The van der Waals surface area contributed by atoms with Gasteiger partial charge in [0.1, 0.15) is 11.6 Å². The van der Waals surface area contributed by atoms with Crippen LogP contribution in [0.5, 0.6) is 5.75 Å². The van der Waals surface area contributed by atoms with Crippen LogP contribution >= 0.6 is 11.6 Å². The van der Waals surface area contributed by atoms with Gasteiger partial charge in [0, 0.05) is 6.54 Å². The molecule has 1 aliphatic rings. The fourth-order valence-corrected chi connectivity index (χ4v) is 2.85. The van der Waals surface area contributed by atoms with E-state index in [0.717, 1.165) is 30.1 Å². The number of rotatable bonds is 2. The number of nitrogens with two attached hydrogens (primary N) is 1. The van der Waals surface area contributed by atoms with Crippen molar-refractivity contribution in [2.24, 2.45) is 5.73 Å². The molecule has 0 bridgehead atoms. The highest BCUT2D eigenvalue weighted by molar-refractivity contribution is 6.34. The molecule has 0 aromatic heterocycles. The maximum Gasteiger partial charge on any atom is 0.142 e. The Morgan fingerprint density at radius 2 is 1.90 bits per heavy atom. The minimum atomic E-state index is -0.0294. The second kappa shape index (κ2) is 5.66. The molecule has 0 saturated heterocycles. The van der Waals surface area contributed by atoms with E-state index in [1.54, 1.807) is 6.07 Å². The van der Waals surface area contributed by atoms with Gasteiger partial charge in [-0.25, -0.2) is 0 Å². The molecule has 0 amide bonds. The van der Waals surface area contributed by atoms with Crippen LogP contribution in [0.2, 0.25) is 5.02 Å². The van der Waals surface area contributed by atoms with E-state index in [-0.39, 0.29) is 5.84 Å². The predicted octanol–water partition coefficient (Wildman–Crippen LogP) is 3.54. The quantitative estimate of drug-likeness (QED) is 0.659. The van der Waals surface area contributed by atoms with Gasteiger partial charge in [0.05, 0.1) is 28.6 Å². The van der Waals surface area contributed by atoms with Crippen LogP contribution < -0.4 is 15.4 Å². The number of para-hydroxylation sites is 2. The molecule has 0 radical (unpaired) electrons. The van der Waals surface area contributed by atoms with Crippen LogP contribution in [0.15, 0.2) is 42.5 Å². The monoisotopic (exact) mass is 301 g/mol. The van der Waals surface area contributed by atoms with Gasteiger partial charge in [-0.2, -0.15) is 0 Å². The standard InChI is InChI=1S/C16H16ClN3O/c17-11-5-3-7-13(15(11)16(18)19)20-9-4-10-21-14-8-2-1-6-12(14)20/h1-3,5-8H,4,9-10H2,(H3,18,19). The molecule has 3 rings (SSSR count). The number of ether oxygens (including phenoxy) is 1. The van der Waals surface area contributed by atoms with Crippen LogP contribution in [0.1, 0.15) is 12.0 Å². The fourth-order valence-electron chi connectivity index (χ4n) is 2.58. The first kappa shape index (κ1) is 13.8. The largest absolute Gasteiger partial charge is 0.491 e. The first-order valence-electron chi connectivity index (χ1n) is 6.81. The summed E-state index contributed by atoms with van der Waals surface area (Å²) in [5.74, 6) is 0.808. The molecule has 5 heteroatoms. The number of halogens is 1. The lowest BCUT2D eigenvalue weighted by molar-refractivity contribution is 0.322. The van der Waals surface area contributed by atoms with E-state index in [1.165, 1.54) is 0 Å². The molecule has 1 heterocycles. The number of hydrogen-bond donors (Lipinski definition) is 2. The first-order valence-corrected chi connectivity index (χ1v) is 7.18. The summed E-state index contributed by atoms with van der Waals surface area (Å²) in [6, 6.07) is 13.4. The van der Waals surface area contributed by atoms with Crippen molar-refractivity contribution in [3.05, 3.63) is 53.1 Å². The molecular formula is C16H16ClN3O. The van der Waals surface area contributed by atoms with Gasteiger partial charge in [-0.3, -0.25) is 5.41 Å². The van der Waals surface area contributed by atoms with Crippen molar-refractivity contribution in [2.45, 2.75) is 6.42 Å². The SMILES string of the molecule is N=C(N)c1c(Cl)cccc1N1CCCOc2ccccc21. The van der Waals surface area contributed by atoms with Crippen LogP contribution in [0.3, 0.4) is 0 Å². The highest BCUT2D eigenvalue weighted by atomic mass is 35.5. The third-order valence-corrected chi connectivity index (χ3v) is 3.81. The number of hydrogen-bond acceptors (Lipinski definition) is 3. The third kappa shape index (κ3) is 2.54. The Balaban J connectivity index is 2.17. The summed E-state index contributed by atoms with van der Waals surface area (Å²) in [4.78, 5) is 2.12. The molecule has 0 fully saturated rings. The zero-order valence-electron chi connectivity index (χ0n) is 11.5. The Kier molecular flexibility index (Phi) is 3.71. The molecule has 0 aliphatic carbocycles. The minimum Gasteiger partial charge on any atom is -0.491 e. The van der Waals surface area contributed by atoms with Crippen LogP contribution in [0.4, 0.5) is 11.4 Å². The molecular weight excluding hydrogens is 286 g/mol. The van der Waals surface area contributed by atoms with Gasteiger partial charge < -0.3 is 15.4 Å². The topological polar surface area (TPSA) is 62.3 Å². The smallest absolute Gasteiger partial charge is 0.142 e. The summed E-state index contributed by atoms with van der Waals surface area (Å²) < 4.78 is 5.77. The maximum atomic E-state index is 7.81. The molecule has 0 unspecified atom stereocenters. The number of benzene rings is 2. The van der Waals surface area contributed by atoms with Crippen molar-refractivity contribution >= 4 is 28.8 Å². The van der Waals surface area contributed by atoms with Gasteiger partial charge >= 0.3 is 0 Å². The van der Waals surface area contributed by atoms with Crippen molar-refractivity contribution in [2.75, 3.05) is 18.1 Å². The molecule has 2 aromatic carbocycles. The lowest BCUT2D eigenvalue weighted by Gasteiger charge is -2.26. The van der Waals surface area contributed by atoms with Gasteiger partial charge in [-0.1, -0.05) is 29.8 Å². The maximum absolute atomic E-state index is 7.81. The van der Waals surface area contributed by atoms with Crippen molar-refractivity contribution in [3.63, 3.8) is 0 Å². The Morgan fingerprint density at radius 1 is 1.14 bits per heavy atom. The molecule has 2 aromatic rings. The van der Waals surface area contributed by atoms with E-state index in [2.05, 4.69) is 4.90 Å². The number of anilines is 2. The predicted molar refractivity (Wildman–Crippen MR) is 86.0 cm³/mol. The fraction of sp³-hybridized carbons (Fsp3) is 0.188. The number of nitrogens with zero attached hydrogens (tertiary/aromatic N) is 1. The summed E-state index contributed by atoms with van der Waals surface area (Å²) in [5, 5.41) is 8.30. The van der Waals surface area contributed by atoms with Crippen LogP contribution in [0.25, 0.3) is 0 Å². The normalized spacial score (nSPS) is 14.0. The van der Waals surface area contributed by atoms with E-state index in [4.69, 9.17) is 27.5 Å². The molecule has 0 saturated carbocycles. The van der Waals surface area contributed by atoms with Crippen molar-refractivity contribution < 1.29 is 4.74 Å². The molecule has 0 atom stereocenters. The lowest BCUT2D eigenvalue weighted by atomic mass is 10.1. The summed E-state index contributed by atoms with van der Waals surface area (Å²) in [7, 11) is 0. The van der Waals surface area contributed by atoms with Crippen LogP contribution in [-0.4, -0.2) is 19.0 Å². The number of nitrogens with one attached hydrogen (secondary N) is 1. The van der Waals surface area contributed by atoms with Gasteiger partial charge in [0.15, 0.2) is 0 Å². The summed E-state index contributed by atoms with van der Waals surface area (Å²) in [5.41, 5.74) is 8.10. The Morgan fingerprint density at radius 3 is 2.71 bits per heavy atom. The number of nitrogen functional groups attached to an aromatic ring is 1. The second-order valence-electron chi connectivity index (χ2n) is 4.87. The number of amidine groups is 1. The third-order valence-electron chi connectivity index (χ3n) is 3.49. The highest BCUT2D eigenvalue weighted by Gasteiger charge is 2.21. The summed E-state index contributed by atoms with van der Waals surface area (Å²) in [6.45, 7) is 1.46. The molecule has 3 N–H and O–H groups in total. The van der Waals surface area contributed by atoms with Crippen molar-refractivity contribution in [1.29, 1.82) is 5.41 Å². The Bertz CT molecular complexity index is 687. The average Bonchev–Trinajstić information content (AvgIpc) is 2.68. The van der Waals surface area contributed by atoms with Gasteiger partial charge in [-0.05, 0) is 30.7 Å². The second-order valence-corrected chi connectivity index (χ2v) is 5.28. The van der Waals surface area contributed by atoms with E-state index in [1.807, 2.05) is 36.4 Å². The van der Waals surface area contributed by atoms with Gasteiger partial charge in [0.2, 0.25) is 0 Å². The minimum absolute atomic E-state index is 0.0294. The molecule has 108 valence electrons. The van der Waals surface area contributed by atoms with Crippen molar-refractivity contribution in [3.8, 4) is 5.75 Å². The van der Waals surface area contributed by atoms with E-state index >= 15 is 0 Å². The van der Waals surface area contributed by atoms with Gasteiger partial charge in [0.25, 0.3) is 0 Å². The summed E-state index contributed by atoms with van der Waals surface area (Å²) >= 11 is 6.23. The zero-order chi connectivity index (χ0) is 14.8. The van der Waals surface area contributed by atoms with E-state index < -0.39 is 0 Å². The average molecular weight is 302 g/mol. The molecule has 1 aliphatic heterocycles. The number of fused-ring (bicyclic) bond motifs is 1. The Hall–Kier alpha value is -2.20. The van der Waals surface area contributed by atoms with E-state index in [9.17, 15) is 0 Å². The lowest BCUT2D eigenvalue weighted by Crippen LogP contribution is -2.23. The zero-order valence-corrected chi connectivity index (χ0v) is 12.2. The van der Waals surface area contributed by atoms with Crippen LogP contribution in [0, 0.1) is 5.41 Å². The Labute approximate surface area is 128 Å². The molecule has 4 nitrogen and oxygen atoms in total. The van der Waals surface area contributed by atoms with Crippen molar-refractivity contribution in [1.82, 2.24) is 0 Å². The van der Waals surface area contributed by atoms with Crippen LogP contribution in [-0.2, 0) is 0 Å². The van der Waals surface area contributed by atoms with Gasteiger partial charge in [-0.15, -0.1) is 0 Å². The highest BCUT2D eigenvalue weighted by Crippen LogP contribution is 2.38. The molecule has 21 heavy (non-hydrogen) atoms. The molecule has 0 spiro atoms.